The van der Waals surface area contributed by atoms with Crippen LogP contribution in [0.4, 0.5) is 0 Å². The van der Waals surface area contributed by atoms with Crippen molar-refractivity contribution in [2.75, 3.05) is 0 Å². The van der Waals surface area contributed by atoms with E-state index in [0.29, 0.717) is 5.92 Å². The van der Waals surface area contributed by atoms with E-state index in [1.54, 1.807) is 0 Å². The first-order chi connectivity index (χ1) is 12.8. The maximum absolute atomic E-state index is 2.34. The van der Waals surface area contributed by atoms with Crippen molar-refractivity contribution in [1.82, 2.24) is 0 Å². The van der Waals surface area contributed by atoms with Gasteiger partial charge in [-0.15, -0.1) is 0 Å². The van der Waals surface area contributed by atoms with Crippen LogP contribution in [0.25, 0.3) is 6.08 Å². The fourth-order valence-electron chi connectivity index (χ4n) is 3.39. The van der Waals surface area contributed by atoms with E-state index in [4.69, 9.17) is 0 Å². The quantitative estimate of drug-likeness (QED) is 0.425. The van der Waals surface area contributed by atoms with Gasteiger partial charge in [0.2, 0.25) is 0 Å². The fraction of sp³-hybridized carbons (Fsp3) is 0.231. The number of aryl methyl sites for hydroxylation is 1. The SMILES string of the molecule is CCc1ccc(C=CCC(Cc2ccccc2)Cc2ccccc2)cc1. The lowest BCUT2D eigenvalue weighted by Gasteiger charge is -2.15. The van der Waals surface area contributed by atoms with Crippen LogP contribution in [-0.2, 0) is 19.3 Å². The molecule has 0 spiro atoms. The zero-order valence-electron chi connectivity index (χ0n) is 15.6. The summed E-state index contributed by atoms with van der Waals surface area (Å²) in [5.74, 6) is 0.617. The Hall–Kier alpha value is -2.60. The lowest BCUT2D eigenvalue weighted by atomic mass is 9.89. The van der Waals surface area contributed by atoms with Gasteiger partial charge in [-0.25, -0.2) is 0 Å². The minimum Gasteiger partial charge on any atom is -0.0836 e. The predicted molar refractivity (Wildman–Crippen MR) is 113 cm³/mol. The molecule has 0 fully saturated rings. The zero-order valence-corrected chi connectivity index (χ0v) is 15.6. The van der Waals surface area contributed by atoms with Gasteiger partial charge in [-0.3, -0.25) is 0 Å². The maximum atomic E-state index is 2.34. The summed E-state index contributed by atoms with van der Waals surface area (Å²) in [6.07, 6.45) is 9.04. The number of hydrogen-bond donors (Lipinski definition) is 0. The van der Waals surface area contributed by atoms with Crippen molar-refractivity contribution in [3.8, 4) is 0 Å². The molecule has 0 bridgehead atoms. The van der Waals surface area contributed by atoms with E-state index in [1.165, 1.54) is 22.3 Å². The van der Waals surface area contributed by atoms with Crippen molar-refractivity contribution in [3.63, 3.8) is 0 Å². The second-order valence-electron chi connectivity index (χ2n) is 6.98. The van der Waals surface area contributed by atoms with Crippen LogP contribution in [0.5, 0.6) is 0 Å². The number of benzene rings is 3. The van der Waals surface area contributed by atoms with Crippen LogP contribution < -0.4 is 0 Å². The molecule has 26 heavy (non-hydrogen) atoms. The lowest BCUT2D eigenvalue weighted by Crippen LogP contribution is -2.07. The minimum atomic E-state index is 0.617. The number of allylic oxidation sites excluding steroid dienone is 1. The second kappa shape index (κ2) is 9.77. The summed E-state index contributed by atoms with van der Waals surface area (Å²) in [5.41, 5.74) is 5.54. The summed E-state index contributed by atoms with van der Waals surface area (Å²) >= 11 is 0. The van der Waals surface area contributed by atoms with E-state index < -0.39 is 0 Å². The molecule has 0 nitrogen and oxygen atoms in total. The summed E-state index contributed by atoms with van der Waals surface area (Å²) in [6, 6.07) is 30.6. The normalized spacial score (nSPS) is 11.3. The van der Waals surface area contributed by atoms with E-state index >= 15 is 0 Å². The van der Waals surface area contributed by atoms with Gasteiger partial charge >= 0.3 is 0 Å². The van der Waals surface area contributed by atoms with E-state index in [2.05, 4.69) is 104 Å². The summed E-state index contributed by atoms with van der Waals surface area (Å²) in [5, 5.41) is 0. The Kier molecular flexibility index (Phi) is 6.84. The third-order valence-electron chi connectivity index (χ3n) is 4.90. The first-order valence-corrected chi connectivity index (χ1v) is 9.67. The highest BCUT2D eigenvalue weighted by molar-refractivity contribution is 5.49. The molecular weight excluding hydrogens is 312 g/mol. The molecule has 0 amide bonds. The standard InChI is InChI=1S/C26H28/c1-2-22-16-18-23(19-17-22)14-9-15-26(20-24-10-5-3-6-11-24)21-25-12-7-4-8-13-25/h3-14,16-19,26H,2,15,20-21H2,1H3. The van der Waals surface area contributed by atoms with Crippen LogP contribution in [0, 0.1) is 5.92 Å². The Bertz CT molecular complexity index is 741. The lowest BCUT2D eigenvalue weighted by molar-refractivity contribution is 0.529. The van der Waals surface area contributed by atoms with Crippen molar-refractivity contribution in [1.29, 1.82) is 0 Å². The van der Waals surface area contributed by atoms with Gasteiger partial charge in [0.05, 0.1) is 0 Å². The highest BCUT2D eigenvalue weighted by Gasteiger charge is 2.09. The van der Waals surface area contributed by atoms with Gasteiger partial charge in [-0.1, -0.05) is 104 Å². The number of hydrogen-bond acceptors (Lipinski definition) is 0. The molecule has 3 aromatic rings. The molecule has 0 N–H and O–H groups in total. The molecule has 0 aromatic heterocycles. The average Bonchev–Trinajstić information content (AvgIpc) is 2.70. The van der Waals surface area contributed by atoms with Gasteiger partial charge in [0.25, 0.3) is 0 Å². The second-order valence-corrected chi connectivity index (χ2v) is 6.98. The highest BCUT2D eigenvalue weighted by atomic mass is 14.1. The van der Waals surface area contributed by atoms with Crippen LogP contribution in [-0.4, -0.2) is 0 Å². The molecule has 0 aliphatic heterocycles. The smallest absolute Gasteiger partial charge is 0.0244 e. The van der Waals surface area contributed by atoms with Gasteiger partial charge in [0.1, 0.15) is 0 Å². The van der Waals surface area contributed by atoms with Crippen LogP contribution in [0.2, 0.25) is 0 Å². The van der Waals surface area contributed by atoms with Crippen LogP contribution >= 0.6 is 0 Å². The van der Waals surface area contributed by atoms with E-state index in [9.17, 15) is 0 Å². The van der Waals surface area contributed by atoms with Gasteiger partial charge < -0.3 is 0 Å². The van der Waals surface area contributed by atoms with Crippen molar-refractivity contribution in [2.24, 2.45) is 5.92 Å². The van der Waals surface area contributed by atoms with Gasteiger partial charge in [0, 0.05) is 0 Å². The fourth-order valence-corrected chi connectivity index (χ4v) is 3.39. The molecule has 0 heteroatoms. The van der Waals surface area contributed by atoms with Crippen LogP contribution in [0.3, 0.4) is 0 Å². The molecule has 0 aliphatic carbocycles. The molecule has 132 valence electrons. The molecule has 0 saturated heterocycles. The Morgan fingerprint density at radius 1 is 0.654 bits per heavy atom. The maximum Gasteiger partial charge on any atom is -0.0244 e. The molecule has 3 rings (SSSR count). The van der Waals surface area contributed by atoms with Crippen LogP contribution in [0.1, 0.15) is 35.6 Å². The summed E-state index contributed by atoms with van der Waals surface area (Å²) in [7, 11) is 0. The van der Waals surface area contributed by atoms with E-state index in [1.807, 2.05) is 0 Å². The Balaban J connectivity index is 1.66. The van der Waals surface area contributed by atoms with Crippen molar-refractivity contribution < 1.29 is 0 Å². The third kappa shape index (κ3) is 5.74. The predicted octanol–water partition coefficient (Wildman–Crippen LogP) is 6.75. The molecular formula is C26H28. The summed E-state index contributed by atoms with van der Waals surface area (Å²) in [4.78, 5) is 0. The number of rotatable bonds is 8. The Morgan fingerprint density at radius 3 is 1.69 bits per heavy atom. The highest BCUT2D eigenvalue weighted by Crippen LogP contribution is 2.19. The van der Waals surface area contributed by atoms with Gasteiger partial charge in [0.15, 0.2) is 0 Å². The first-order valence-electron chi connectivity index (χ1n) is 9.67. The van der Waals surface area contributed by atoms with Crippen molar-refractivity contribution >= 4 is 6.08 Å². The summed E-state index contributed by atoms with van der Waals surface area (Å²) in [6.45, 7) is 2.20. The Morgan fingerprint density at radius 2 is 1.19 bits per heavy atom. The van der Waals surface area contributed by atoms with Crippen molar-refractivity contribution in [2.45, 2.75) is 32.6 Å². The summed E-state index contributed by atoms with van der Waals surface area (Å²) < 4.78 is 0. The molecule has 3 aromatic carbocycles. The average molecular weight is 341 g/mol. The first kappa shape index (κ1) is 18.2. The van der Waals surface area contributed by atoms with E-state index in [-0.39, 0.29) is 0 Å². The molecule has 0 heterocycles. The van der Waals surface area contributed by atoms with Crippen molar-refractivity contribution in [3.05, 3.63) is 113 Å². The van der Waals surface area contributed by atoms with E-state index in [0.717, 1.165) is 25.7 Å². The molecule has 0 aliphatic rings. The van der Waals surface area contributed by atoms with Crippen LogP contribution in [0.15, 0.2) is 91.0 Å². The largest absolute Gasteiger partial charge is 0.0836 e. The molecule has 0 saturated carbocycles. The Labute approximate surface area is 158 Å². The minimum absolute atomic E-state index is 0.617. The van der Waals surface area contributed by atoms with Gasteiger partial charge in [-0.2, -0.15) is 0 Å². The molecule has 0 radical (unpaired) electrons. The zero-order chi connectivity index (χ0) is 18.0. The molecule has 0 atom stereocenters. The monoisotopic (exact) mass is 340 g/mol. The van der Waals surface area contributed by atoms with Gasteiger partial charge in [-0.05, 0) is 53.9 Å². The topological polar surface area (TPSA) is 0 Å². The third-order valence-corrected chi connectivity index (χ3v) is 4.90. The molecule has 0 unspecified atom stereocenters.